The SMILES string of the molecule is CN=C(NCCc1cccc(C(=O)NC)c1)NCC(C)c1ccccc1.I. The van der Waals surface area contributed by atoms with E-state index in [4.69, 9.17) is 0 Å². The quantitative estimate of drug-likeness (QED) is 0.324. The molecule has 0 fully saturated rings. The summed E-state index contributed by atoms with van der Waals surface area (Å²) in [7, 11) is 3.41. The molecule has 0 aliphatic heterocycles. The van der Waals surface area contributed by atoms with Gasteiger partial charge in [-0.1, -0.05) is 49.4 Å². The fraction of sp³-hybridized carbons (Fsp3) is 0.333. The van der Waals surface area contributed by atoms with Crippen LogP contribution in [0.3, 0.4) is 0 Å². The number of amides is 1. The van der Waals surface area contributed by atoms with Crippen molar-refractivity contribution in [2.45, 2.75) is 19.3 Å². The molecular weight excluding hydrogens is 451 g/mol. The van der Waals surface area contributed by atoms with Gasteiger partial charge in [0.25, 0.3) is 5.91 Å². The Labute approximate surface area is 179 Å². The number of guanidine groups is 1. The summed E-state index contributed by atoms with van der Waals surface area (Å²) >= 11 is 0. The summed E-state index contributed by atoms with van der Waals surface area (Å²) in [6, 6.07) is 18.1. The van der Waals surface area contributed by atoms with E-state index in [1.807, 2.05) is 30.3 Å². The van der Waals surface area contributed by atoms with E-state index >= 15 is 0 Å². The van der Waals surface area contributed by atoms with Crippen LogP contribution in [0.25, 0.3) is 0 Å². The van der Waals surface area contributed by atoms with Gasteiger partial charge in [0.15, 0.2) is 5.96 Å². The van der Waals surface area contributed by atoms with Crippen molar-refractivity contribution >= 4 is 35.8 Å². The fourth-order valence-electron chi connectivity index (χ4n) is 2.71. The van der Waals surface area contributed by atoms with E-state index in [0.29, 0.717) is 11.5 Å². The third-order valence-electron chi connectivity index (χ3n) is 4.29. The Kier molecular flexibility index (Phi) is 10.5. The highest BCUT2D eigenvalue weighted by molar-refractivity contribution is 14.0. The Morgan fingerprint density at radius 1 is 1.07 bits per heavy atom. The highest BCUT2D eigenvalue weighted by Crippen LogP contribution is 2.12. The van der Waals surface area contributed by atoms with Crippen LogP contribution in [0.4, 0.5) is 0 Å². The summed E-state index contributed by atoms with van der Waals surface area (Å²) < 4.78 is 0. The summed E-state index contributed by atoms with van der Waals surface area (Å²) in [5, 5.41) is 9.34. The zero-order valence-electron chi connectivity index (χ0n) is 16.2. The molecule has 27 heavy (non-hydrogen) atoms. The van der Waals surface area contributed by atoms with Gasteiger partial charge in [0, 0.05) is 32.7 Å². The lowest BCUT2D eigenvalue weighted by Gasteiger charge is -2.16. The average Bonchev–Trinajstić information content (AvgIpc) is 2.70. The maximum Gasteiger partial charge on any atom is 0.251 e. The normalized spacial score (nSPS) is 11.9. The van der Waals surface area contributed by atoms with E-state index in [2.05, 4.69) is 52.1 Å². The van der Waals surface area contributed by atoms with Gasteiger partial charge in [0.05, 0.1) is 0 Å². The molecule has 0 bridgehead atoms. The number of hydrogen-bond acceptors (Lipinski definition) is 2. The second-order valence-electron chi connectivity index (χ2n) is 6.22. The minimum absolute atomic E-state index is 0. The lowest BCUT2D eigenvalue weighted by atomic mass is 10.0. The first-order valence-electron chi connectivity index (χ1n) is 8.94. The van der Waals surface area contributed by atoms with Crippen molar-refractivity contribution in [3.05, 3.63) is 71.3 Å². The number of nitrogens with zero attached hydrogens (tertiary/aromatic N) is 1. The zero-order chi connectivity index (χ0) is 18.8. The van der Waals surface area contributed by atoms with Gasteiger partial charge in [-0.2, -0.15) is 0 Å². The van der Waals surface area contributed by atoms with E-state index in [9.17, 15) is 4.79 Å². The lowest BCUT2D eigenvalue weighted by Crippen LogP contribution is -2.39. The minimum atomic E-state index is -0.0628. The van der Waals surface area contributed by atoms with Gasteiger partial charge in [-0.3, -0.25) is 9.79 Å². The molecule has 1 amide bonds. The van der Waals surface area contributed by atoms with Crippen molar-refractivity contribution in [2.24, 2.45) is 4.99 Å². The molecule has 0 radical (unpaired) electrons. The van der Waals surface area contributed by atoms with Crippen molar-refractivity contribution in [3.63, 3.8) is 0 Å². The first-order valence-corrected chi connectivity index (χ1v) is 8.94. The predicted octanol–water partition coefficient (Wildman–Crippen LogP) is 3.18. The molecule has 1 unspecified atom stereocenters. The first kappa shape index (κ1) is 23.0. The Morgan fingerprint density at radius 3 is 2.48 bits per heavy atom. The summed E-state index contributed by atoms with van der Waals surface area (Å²) in [5.74, 6) is 1.13. The van der Waals surface area contributed by atoms with Gasteiger partial charge >= 0.3 is 0 Å². The summed E-state index contributed by atoms with van der Waals surface area (Å²) in [6.07, 6.45) is 0.819. The topological polar surface area (TPSA) is 65.5 Å². The third-order valence-corrected chi connectivity index (χ3v) is 4.29. The maximum atomic E-state index is 11.7. The molecule has 0 saturated carbocycles. The molecule has 6 heteroatoms. The van der Waals surface area contributed by atoms with Gasteiger partial charge in [-0.25, -0.2) is 0 Å². The number of hydrogen-bond donors (Lipinski definition) is 3. The van der Waals surface area contributed by atoms with Gasteiger partial charge in [-0.05, 0) is 35.6 Å². The van der Waals surface area contributed by atoms with Gasteiger partial charge in [-0.15, -0.1) is 24.0 Å². The highest BCUT2D eigenvalue weighted by Gasteiger charge is 2.07. The summed E-state index contributed by atoms with van der Waals surface area (Å²) in [6.45, 7) is 3.76. The molecule has 0 aliphatic carbocycles. The van der Waals surface area contributed by atoms with E-state index in [-0.39, 0.29) is 29.9 Å². The van der Waals surface area contributed by atoms with Crippen LogP contribution in [0.1, 0.15) is 34.3 Å². The van der Waals surface area contributed by atoms with Crippen LogP contribution in [-0.4, -0.2) is 39.1 Å². The fourth-order valence-corrected chi connectivity index (χ4v) is 2.71. The number of aliphatic imine (C=N–C) groups is 1. The Morgan fingerprint density at radius 2 is 1.81 bits per heavy atom. The van der Waals surface area contributed by atoms with Crippen LogP contribution in [0.2, 0.25) is 0 Å². The van der Waals surface area contributed by atoms with Crippen LogP contribution < -0.4 is 16.0 Å². The van der Waals surface area contributed by atoms with Gasteiger partial charge in [0.1, 0.15) is 0 Å². The molecule has 0 aliphatic rings. The molecule has 1 atom stereocenters. The van der Waals surface area contributed by atoms with Gasteiger partial charge in [0.2, 0.25) is 0 Å². The van der Waals surface area contributed by atoms with Crippen molar-refractivity contribution < 1.29 is 4.79 Å². The van der Waals surface area contributed by atoms with Gasteiger partial charge < -0.3 is 16.0 Å². The van der Waals surface area contributed by atoms with Crippen LogP contribution >= 0.6 is 24.0 Å². The summed E-state index contributed by atoms with van der Waals surface area (Å²) in [5.41, 5.74) is 3.11. The molecule has 2 aromatic rings. The maximum absolute atomic E-state index is 11.7. The number of carbonyl (C=O) groups excluding carboxylic acids is 1. The van der Waals surface area contributed by atoms with E-state index < -0.39 is 0 Å². The van der Waals surface area contributed by atoms with E-state index in [1.54, 1.807) is 14.1 Å². The Balaban J connectivity index is 0.00000364. The van der Waals surface area contributed by atoms with Crippen molar-refractivity contribution in [1.29, 1.82) is 0 Å². The molecule has 0 saturated heterocycles. The molecule has 2 rings (SSSR count). The average molecular weight is 480 g/mol. The second kappa shape index (κ2) is 12.3. The number of carbonyl (C=O) groups is 1. The van der Waals surface area contributed by atoms with Crippen LogP contribution in [0, 0.1) is 0 Å². The van der Waals surface area contributed by atoms with Crippen molar-refractivity contribution in [2.75, 3.05) is 27.2 Å². The Bertz CT molecular complexity index is 734. The summed E-state index contributed by atoms with van der Waals surface area (Å²) in [4.78, 5) is 16.0. The molecule has 146 valence electrons. The number of halogens is 1. The lowest BCUT2D eigenvalue weighted by molar-refractivity contribution is 0.0963. The van der Waals surface area contributed by atoms with E-state index in [1.165, 1.54) is 5.56 Å². The second-order valence-corrected chi connectivity index (χ2v) is 6.22. The monoisotopic (exact) mass is 480 g/mol. The Hall–Kier alpha value is -2.09. The third kappa shape index (κ3) is 7.58. The zero-order valence-corrected chi connectivity index (χ0v) is 18.5. The minimum Gasteiger partial charge on any atom is -0.356 e. The molecule has 5 nitrogen and oxygen atoms in total. The van der Waals surface area contributed by atoms with Crippen molar-refractivity contribution in [1.82, 2.24) is 16.0 Å². The van der Waals surface area contributed by atoms with Crippen LogP contribution in [0.5, 0.6) is 0 Å². The number of benzene rings is 2. The molecule has 0 heterocycles. The first-order chi connectivity index (χ1) is 12.6. The van der Waals surface area contributed by atoms with Crippen LogP contribution in [-0.2, 0) is 6.42 Å². The highest BCUT2D eigenvalue weighted by atomic mass is 127. The molecule has 3 N–H and O–H groups in total. The molecule has 0 aromatic heterocycles. The molecular formula is C21H29IN4O. The van der Waals surface area contributed by atoms with Crippen molar-refractivity contribution in [3.8, 4) is 0 Å². The van der Waals surface area contributed by atoms with Crippen LogP contribution in [0.15, 0.2) is 59.6 Å². The standard InChI is InChI=1S/C21H28N4O.HI/c1-16(18-9-5-4-6-10-18)15-25-21(23-3)24-13-12-17-8-7-11-19(14-17)20(26)22-2;/h4-11,14,16H,12-13,15H2,1-3H3,(H,22,26)(H2,23,24,25);1H. The molecule has 0 spiro atoms. The van der Waals surface area contributed by atoms with E-state index in [0.717, 1.165) is 31.0 Å². The largest absolute Gasteiger partial charge is 0.356 e. The number of nitrogens with one attached hydrogen (secondary N) is 3. The predicted molar refractivity (Wildman–Crippen MR) is 123 cm³/mol. The smallest absolute Gasteiger partial charge is 0.251 e. The molecule has 2 aromatic carbocycles. The number of rotatable bonds is 7.